The van der Waals surface area contributed by atoms with Crippen LogP contribution in [-0.4, -0.2) is 22.2 Å². The summed E-state index contributed by atoms with van der Waals surface area (Å²) in [6.07, 6.45) is 1.80. The number of carbonyl (C=O) groups excluding carboxylic acids is 1. The van der Waals surface area contributed by atoms with Gasteiger partial charge in [0.2, 0.25) is 0 Å². The van der Waals surface area contributed by atoms with Gasteiger partial charge in [0.15, 0.2) is 11.5 Å². The molecule has 7 heteroatoms. The van der Waals surface area contributed by atoms with Crippen molar-refractivity contribution in [2.24, 2.45) is 0 Å². The molecule has 0 N–H and O–H groups in total. The van der Waals surface area contributed by atoms with E-state index in [2.05, 4.69) is 0 Å². The van der Waals surface area contributed by atoms with E-state index in [0.717, 1.165) is 16.7 Å². The predicted molar refractivity (Wildman–Crippen MR) is 129 cm³/mol. The summed E-state index contributed by atoms with van der Waals surface area (Å²) in [6.45, 7) is 0.733. The summed E-state index contributed by atoms with van der Waals surface area (Å²) in [4.78, 5) is 15.1. The molecule has 1 heterocycles. The van der Waals surface area contributed by atoms with Crippen LogP contribution in [0.5, 0.6) is 11.5 Å². The first-order valence-electron chi connectivity index (χ1n) is 9.88. The van der Waals surface area contributed by atoms with Gasteiger partial charge in [-0.2, -0.15) is 0 Å². The van der Waals surface area contributed by atoms with Crippen molar-refractivity contribution in [2.75, 3.05) is 7.11 Å². The average molecular weight is 466 g/mol. The number of methoxy groups -OCH3 is 1. The second-order valence-electron chi connectivity index (χ2n) is 7.08. The van der Waals surface area contributed by atoms with Crippen molar-refractivity contribution in [1.29, 1.82) is 0 Å². The monoisotopic (exact) mass is 465 g/mol. The number of hydrogen-bond acceptors (Lipinski definition) is 5. The lowest BCUT2D eigenvalue weighted by Gasteiger charge is -2.14. The summed E-state index contributed by atoms with van der Waals surface area (Å²) < 4.78 is 24.9. The molecule has 0 atom stereocenters. The summed E-state index contributed by atoms with van der Waals surface area (Å²) in [5.74, 6) is 0.704. The Labute approximate surface area is 195 Å². The molecule has 162 valence electrons. The van der Waals surface area contributed by atoms with Crippen LogP contribution in [0, 0.1) is 5.82 Å². The Morgan fingerprint density at radius 3 is 2.47 bits per heavy atom. The fraction of sp³-hybridized carbons (Fsp3) is 0.120. The molecule has 0 bridgehead atoms. The first-order chi connectivity index (χ1) is 15.5. The van der Waals surface area contributed by atoms with Crippen molar-refractivity contribution >= 4 is 40.3 Å². The lowest BCUT2D eigenvalue weighted by atomic mass is 10.1. The molecule has 0 aromatic heterocycles. The van der Waals surface area contributed by atoms with E-state index in [0.29, 0.717) is 27.3 Å². The highest BCUT2D eigenvalue weighted by atomic mass is 32.2. The molecule has 1 saturated heterocycles. The van der Waals surface area contributed by atoms with E-state index in [1.807, 2.05) is 42.5 Å². The summed E-state index contributed by atoms with van der Waals surface area (Å²) in [5.41, 5.74) is 2.67. The minimum Gasteiger partial charge on any atom is -0.493 e. The maximum atomic E-state index is 13.1. The van der Waals surface area contributed by atoms with Crippen LogP contribution in [-0.2, 0) is 17.9 Å². The first-order valence-corrected chi connectivity index (χ1v) is 11.1. The Bertz CT molecular complexity index is 1160. The quantitative estimate of drug-likeness (QED) is 0.325. The van der Waals surface area contributed by atoms with Crippen LogP contribution in [0.25, 0.3) is 6.08 Å². The molecular weight excluding hydrogens is 445 g/mol. The van der Waals surface area contributed by atoms with E-state index >= 15 is 0 Å². The number of amides is 1. The zero-order valence-electron chi connectivity index (χ0n) is 17.3. The zero-order chi connectivity index (χ0) is 22.5. The minimum atomic E-state index is -0.287. The fourth-order valence-corrected chi connectivity index (χ4v) is 4.44. The van der Waals surface area contributed by atoms with Gasteiger partial charge in [-0.15, -0.1) is 0 Å². The van der Waals surface area contributed by atoms with Crippen LogP contribution in [0.2, 0.25) is 0 Å². The SMILES string of the molecule is COc1cc(/C=C2/SC(=S)N(Cc3ccccc3)C2=O)ccc1OCc1ccc(F)cc1. The molecule has 0 spiro atoms. The molecule has 1 fully saturated rings. The standard InChI is InChI=1S/C25H20FNO3S2/c1-29-22-13-19(9-12-21(22)30-16-18-7-10-20(26)11-8-18)14-23-24(28)27(25(31)32-23)15-17-5-3-2-4-6-17/h2-14H,15-16H2,1H3/b23-14+. The molecular formula is C25H20FNO3S2. The van der Waals surface area contributed by atoms with Crippen molar-refractivity contribution in [2.45, 2.75) is 13.2 Å². The smallest absolute Gasteiger partial charge is 0.266 e. The topological polar surface area (TPSA) is 38.8 Å². The van der Waals surface area contributed by atoms with Gasteiger partial charge in [-0.05, 0) is 47.0 Å². The summed E-state index contributed by atoms with van der Waals surface area (Å²) in [5, 5.41) is 0. The highest BCUT2D eigenvalue weighted by Gasteiger charge is 2.32. The van der Waals surface area contributed by atoms with E-state index in [9.17, 15) is 9.18 Å². The van der Waals surface area contributed by atoms with Gasteiger partial charge in [-0.25, -0.2) is 4.39 Å². The molecule has 0 unspecified atom stereocenters. The van der Waals surface area contributed by atoms with Gasteiger partial charge in [0, 0.05) is 0 Å². The van der Waals surface area contributed by atoms with Crippen LogP contribution in [0.3, 0.4) is 0 Å². The van der Waals surface area contributed by atoms with Crippen LogP contribution >= 0.6 is 24.0 Å². The number of halogens is 1. The Hall–Kier alpha value is -3.16. The van der Waals surface area contributed by atoms with Crippen molar-refractivity contribution in [3.63, 3.8) is 0 Å². The fourth-order valence-electron chi connectivity index (χ4n) is 3.19. The molecule has 1 aliphatic rings. The Kier molecular flexibility index (Phi) is 6.87. The molecule has 0 radical (unpaired) electrons. The minimum absolute atomic E-state index is 0.112. The van der Waals surface area contributed by atoms with Gasteiger partial charge in [0.05, 0.1) is 18.6 Å². The number of carbonyl (C=O) groups is 1. The number of nitrogens with zero attached hydrogens (tertiary/aromatic N) is 1. The molecule has 0 aliphatic carbocycles. The van der Waals surface area contributed by atoms with Crippen LogP contribution in [0.15, 0.2) is 77.7 Å². The van der Waals surface area contributed by atoms with Crippen LogP contribution in [0.1, 0.15) is 16.7 Å². The molecule has 32 heavy (non-hydrogen) atoms. The van der Waals surface area contributed by atoms with Gasteiger partial charge < -0.3 is 9.47 Å². The van der Waals surface area contributed by atoms with Gasteiger partial charge in [0.1, 0.15) is 16.7 Å². The van der Waals surface area contributed by atoms with E-state index in [-0.39, 0.29) is 18.3 Å². The molecule has 3 aromatic carbocycles. The summed E-state index contributed by atoms with van der Waals surface area (Å²) >= 11 is 6.72. The molecule has 3 aromatic rings. The lowest BCUT2D eigenvalue weighted by Crippen LogP contribution is -2.27. The van der Waals surface area contributed by atoms with Crippen LogP contribution in [0.4, 0.5) is 4.39 Å². The van der Waals surface area contributed by atoms with Gasteiger partial charge in [-0.3, -0.25) is 9.69 Å². The molecule has 4 nitrogen and oxygen atoms in total. The first kappa shape index (κ1) is 22.0. The summed E-state index contributed by atoms with van der Waals surface area (Å²) in [7, 11) is 1.56. The van der Waals surface area contributed by atoms with Gasteiger partial charge in [0.25, 0.3) is 5.91 Å². The van der Waals surface area contributed by atoms with Gasteiger partial charge >= 0.3 is 0 Å². The largest absolute Gasteiger partial charge is 0.493 e. The predicted octanol–water partition coefficient (Wildman–Crippen LogP) is 5.81. The van der Waals surface area contributed by atoms with Crippen LogP contribution < -0.4 is 9.47 Å². The van der Waals surface area contributed by atoms with Crippen molar-refractivity contribution in [3.05, 3.63) is 100 Å². The normalized spacial score (nSPS) is 14.8. The number of thiocarbonyl (C=S) groups is 1. The maximum absolute atomic E-state index is 13.1. The second-order valence-corrected chi connectivity index (χ2v) is 8.75. The average Bonchev–Trinajstić information content (AvgIpc) is 3.07. The van der Waals surface area contributed by atoms with Crippen molar-refractivity contribution in [1.82, 2.24) is 4.90 Å². The lowest BCUT2D eigenvalue weighted by molar-refractivity contribution is -0.122. The Morgan fingerprint density at radius 1 is 1.00 bits per heavy atom. The van der Waals surface area contributed by atoms with Crippen molar-refractivity contribution in [3.8, 4) is 11.5 Å². The number of benzene rings is 3. The molecule has 1 aliphatic heterocycles. The van der Waals surface area contributed by atoms with E-state index < -0.39 is 0 Å². The molecule has 0 saturated carbocycles. The van der Waals surface area contributed by atoms with E-state index in [1.165, 1.54) is 23.9 Å². The number of thioether (sulfide) groups is 1. The molecule has 1 amide bonds. The highest BCUT2D eigenvalue weighted by molar-refractivity contribution is 8.26. The number of rotatable bonds is 7. The Morgan fingerprint density at radius 2 is 1.75 bits per heavy atom. The third-order valence-electron chi connectivity index (χ3n) is 4.85. The zero-order valence-corrected chi connectivity index (χ0v) is 18.9. The Balaban J connectivity index is 1.48. The number of ether oxygens (including phenoxy) is 2. The second kappa shape index (κ2) is 9.97. The van der Waals surface area contributed by atoms with E-state index in [1.54, 1.807) is 36.3 Å². The third-order valence-corrected chi connectivity index (χ3v) is 6.23. The summed E-state index contributed by atoms with van der Waals surface area (Å²) in [6, 6.07) is 21.4. The molecule has 4 rings (SSSR count). The van der Waals surface area contributed by atoms with E-state index in [4.69, 9.17) is 21.7 Å². The number of hydrogen-bond donors (Lipinski definition) is 0. The third kappa shape index (κ3) is 5.18. The highest BCUT2D eigenvalue weighted by Crippen LogP contribution is 2.35. The van der Waals surface area contributed by atoms with Crippen molar-refractivity contribution < 1.29 is 18.7 Å². The maximum Gasteiger partial charge on any atom is 0.266 e. The van der Waals surface area contributed by atoms with Gasteiger partial charge in [-0.1, -0.05) is 72.5 Å².